The quantitative estimate of drug-likeness (QED) is 0.193. The minimum atomic E-state index is -1.37. The van der Waals surface area contributed by atoms with Crippen LogP contribution in [-0.4, -0.2) is 95.3 Å². The summed E-state index contributed by atoms with van der Waals surface area (Å²) >= 11 is 1.25. The number of hydrogen-bond acceptors (Lipinski definition) is 9. The van der Waals surface area contributed by atoms with E-state index in [4.69, 9.17) is 0 Å². The van der Waals surface area contributed by atoms with Gasteiger partial charge in [-0.1, -0.05) is 30.3 Å². The largest absolute Gasteiger partial charge is 0.504 e. The molecule has 0 aliphatic carbocycles. The van der Waals surface area contributed by atoms with Crippen LogP contribution in [0.2, 0.25) is 0 Å². The molecule has 0 spiro atoms. The first-order chi connectivity index (χ1) is 18.9. The molecule has 14 heteroatoms. The first kappa shape index (κ1) is 28.7. The van der Waals surface area contributed by atoms with Crippen molar-refractivity contribution in [2.45, 2.75) is 42.1 Å². The van der Waals surface area contributed by atoms with Crippen LogP contribution in [0.1, 0.15) is 35.8 Å². The molecule has 4 atom stereocenters. The van der Waals surface area contributed by atoms with E-state index in [0.717, 1.165) is 12.1 Å². The number of aliphatic hydroxyl groups excluding tert-OH is 1. The lowest BCUT2D eigenvalue weighted by molar-refractivity contribution is -0.161. The molecule has 2 saturated heterocycles. The van der Waals surface area contributed by atoms with Crippen molar-refractivity contribution in [2.24, 2.45) is 0 Å². The van der Waals surface area contributed by atoms with Crippen LogP contribution >= 0.6 is 11.8 Å². The molecule has 2 aromatic rings. The Labute approximate surface area is 232 Å². The van der Waals surface area contributed by atoms with Crippen LogP contribution in [0.3, 0.4) is 0 Å². The van der Waals surface area contributed by atoms with E-state index >= 15 is 0 Å². The molecule has 1 unspecified atom stereocenters. The fraction of sp³-hybridized carbons (Fsp3) is 0.346. The Morgan fingerprint density at radius 2 is 1.75 bits per heavy atom. The number of carboxylic acids is 1. The number of phenols is 2. The number of amides is 5. The molecule has 2 aliphatic rings. The third-order valence-corrected chi connectivity index (χ3v) is 8.24. The molecule has 13 nitrogen and oxygen atoms in total. The third kappa shape index (κ3) is 5.27. The van der Waals surface area contributed by atoms with E-state index in [9.17, 15) is 44.4 Å². The number of hydrogen-bond donors (Lipinski definition) is 6. The van der Waals surface area contributed by atoms with Gasteiger partial charge < -0.3 is 36.0 Å². The lowest BCUT2D eigenvalue weighted by Crippen LogP contribution is -2.71. The van der Waals surface area contributed by atoms with Gasteiger partial charge in [0.25, 0.3) is 5.91 Å². The van der Waals surface area contributed by atoms with Gasteiger partial charge in [0.05, 0.1) is 13.2 Å². The maximum absolute atomic E-state index is 13.5. The van der Waals surface area contributed by atoms with E-state index in [1.807, 2.05) is 0 Å². The van der Waals surface area contributed by atoms with E-state index in [1.54, 1.807) is 44.2 Å². The highest BCUT2D eigenvalue weighted by atomic mass is 32.2. The summed E-state index contributed by atoms with van der Waals surface area (Å²) in [5.74, 6) is -4.46. The van der Waals surface area contributed by atoms with Gasteiger partial charge in [-0.25, -0.2) is 9.59 Å². The summed E-state index contributed by atoms with van der Waals surface area (Å²) in [5.41, 5.74) is 0.173. The Kier molecular flexibility index (Phi) is 7.93. The average Bonchev–Trinajstić information content (AvgIpc) is 3.18. The van der Waals surface area contributed by atoms with Crippen LogP contribution in [-0.2, 0) is 14.4 Å². The summed E-state index contributed by atoms with van der Waals surface area (Å²) in [6, 6.07) is 6.75. The highest BCUT2D eigenvalue weighted by Gasteiger charge is 2.64. The molecule has 2 heterocycles. The van der Waals surface area contributed by atoms with Gasteiger partial charge in [-0.3, -0.25) is 19.3 Å². The molecular weight excluding hydrogens is 544 g/mol. The minimum Gasteiger partial charge on any atom is -0.504 e. The second-order valence-electron chi connectivity index (χ2n) is 9.76. The van der Waals surface area contributed by atoms with Crippen molar-refractivity contribution >= 4 is 41.5 Å². The van der Waals surface area contributed by atoms with E-state index in [-0.39, 0.29) is 5.56 Å². The number of aliphatic carboxylic acids is 1. The monoisotopic (exact) mass is 572 g/mol. The molecule has 2 fully saturated rings. The average molecular weight is 573 g/mol. The molecule has 212 valence electrons. The summed E-state index contributed by atoms with van der Waals surface area (Å²) in [7, 11) is 0. The van der Waals surface area contributed by atoms with E-state index in [2.05, 4.69) is 10.6 Å². The summed E-state index contributed by atoms with van der Waals surface area (Å²) < 4.78 is -0.799. The summed E-state index contributed by atoms with van der Waals surface area (Å²) in [4.78, 5) is 66.3. The van der Waals surface area contributed by atoms with Gasteiger partial charge in [0.15, 0.2) is 11.5 Å². The van der Waals surface area contributed by atoms with Crippen molar-refractivity contribution in [1.29, 1.82) is 0 Å². The smallest absolute Gasteiger partial charge is 0.327 e. The number of thioether (sulfide) groups is 1. The molecule has 0 radical (unpaired) electrons. The maximum Gasteiger partial charge on any atom is 0.327 e. The molecule has 2 aliphatic heterocycles. The number of fused-ring (bicyclic) bond motifs is 1. The summed E-state index contributed by atoms with van der Waals surface area (Å²) in [6.07, 6.45) is 0. The van der Waals surface area contributed by atoms with Gasteiger partial charge in [-0.05, 0) is 37.6 Å². The zero-order valence-corrected chi connectivity index (χ0v) is 22.3. The highest BCUT2D eigenvalue weighted by molar-refractivity contribution is 8.01. The molecule has 40 heavy (non-hydrogen) atoms. The number of imide groups is 1. The number of β-lactam (4-membered cyclic amide) rings is 1. The number of benzene rings is 2. The number of phenolic OH excluding ortho intramolecular Hbond substituents is 2. The predicted octanol–water partition coefficient (Wildman–Crippen LogP) is 0.615. The second-order valence-corrected chi connectivity index (χ2v) is 11.5. The topological polar surface area (TPSA) is 197 Å². The van der Waals surface area contributed by atoms with Gasteiger partial charge in [-0.2, -0.15) is 0 Å². The number of carbonyl (C=O) groups is 5. The number of carboxylic acid groups (broad SMARTS) is 1. The molecule has 0 aromatic heterocycles. The van der Waals surface area contributed by atoms with Gasteiger partial charge in [0, 0.05) is 10.3 Å². The van der Waals surface area contributed by atoms with Crippen LogP contribution in [0.4, 0.5) is 4.79 Å². The molecule has 2 aromatic carbocycles. The number of nitrogens with zero attached hydrogens (tertiary/aromatic N) is 2. The van der Waals surface area contributed by atoms with Crippen molar-refractivity contribution in [1.82, 2.24) is 20.4 Å². The first-order valence-corrected chi connectivity index (χ1v) is 13.1. The fourth-order valence-corrected chi connectivity index (χ4v) is 6.36. The van der Waals surface area contributed by atoms with Crippen molar-refractivity contribution in [3.05, 3.63) is 59.7 Å². The molecule has 4 rings (SSSR count). The number of aromatic hydroxyl groups is 2. The minimum absolute atomic E-state index is 0.159. The molecule has 0 bridgehead atoms. The van der Waals surface area contributed by atoms with Gasteiger partial charge >= 0.3 is 12.0 Å². The fourth-order valence-electron chi connectivity index (χ4n) is 4.74. The van der Waals surface area contributed by atoms with Crippen LogP contribution in [0.25, 0.3) is 0 Å². The Hall–Kier alpha value is -4.30. The summed E-state index contributed by atoms with van der Waals surface area (Å²) in [6.45, 7) is 2.36. The lowest BCUT2D eigenvalue weighted by Gasteiger charge is -2.44. The molecule has 0 saturated carbocycles. The molecular formula is C26H28N4O9S. The standard InChI is InChI=1S/C26H28N4O9S/c1-26(2)19(24(37)38)30-22(36)18(23(30)40-26)27-20(34)17(13-6-4-3-5-7-13)28-25(39)29(10-11-31)21(35)14-8-9-15(32)16(33)12-14/h3-9,12,17-19,23,31-33H,10-11H2,1-2H3,(H,27,34)(H,28,39)(H,37,38)/t17?,18-,19+,23-/m1/s1. The number of aliphatic hydroxyl groups is 1. The number of nitrogens with one attached hydrogen (secondary N) is 2. The number of urea groups is 1. The van der Waals surface area contributed by atoms with E-state index < -0.39 is 82.6 Å². The lowest BCUT2D eigenvalue weighted by atomic mass is 9.95. The van der Waals surface area contributed by atoms with E-state index in [0.29, 0.717) is 10.5 Å². The maximum atomic E-state index is 13.5. The van der Waals surface area contributed by atoms with Crippen molar-refractivity contribution in [2.75, 3.05) is 13.2 Å². The molecule has 6 N–H and O–H groups in total. The summed E-state index contributed by atoms with van der Waals surface area (Å²) in [5, 5.41) is 42.9. The van der Waals surface area contributed by atoms with Gasteiger partial charge in [0.1, 0.15) is 23.5 Å². The zero-order valence-electron chi connectivity index (χ0n) is 21.5. The van der Waals surface area contributed by atoms with Crippen molar-refractivity contribution in [3.63, 3.8) is 0 Å². The van der Waals surface area contributed by atoms with Crippen LogP contribution in [0.5, 0.6) is 11.5 Å². The number of carbonyl (C=O) groups excluding carboxylic acids is 4. The van der Waals surface area contributed by atoms with E-state index in [1.165, 1.54) is 22.7 Å². The molecule has 5 amide bonds. The van der Waals surface area contributed by atoms with Crippen LogP contribution in [0, 0.1) is 0 Å². The van der Waals surface area contributed by atoms with Gasteiger partial charge in [-0.15, -0.1) is 11.8 Å². The zero-order chi connectivity index (χ0) is 29.4. The van der Waals surface area contributed by atoms with Crippen molar-refractivity contribution < 1.29 is 44.4 Å². The Morgan fingerprint density at radius 3 is 2.35 bits per heavy atom. The van der Waals surface area contributed by atoms with Gasteiger partial charge in [0.2, 0.25) is 11.8 Å². The highest BCUT2D eigenvalue weighted by Crippen LogP contribution is 2.50. The predicted molar refractivity (Wildman–Crippen MR) is 141 cm³/mol. The third-order valence-electron chi connectivity index (χ3n) is 6.67. The first-order valence-electron chi connectivity index (χ1n) is 12.2. The Balaban J connectivity index is 1.55. The number of rotatable bonds is 8. The second kappa shape index (κ2) is 11.1. The normalized spacial score (nSPS) is 21.5. The van der Waals surface area contributed by atoms with Crippen molar-refractivity contribution in [3.8, 4) is 11.5 Å². The van der Waals surface area contributed by atoms with Crippen LogP contribution in [0.15, 0.2) is 48.5 Å². The Bertz CT molecular complexity index is 1350. The SMILES string of the molecule is CC1(C)S[C@@H]2[C@H](NC(=O)C(NC(=O)N(CCO)C(=O)c3ccc(O)c(O)c3)c3ccccc3)C(=O)N2[C@H]1C(=O)O. The Morgan fingerprint density at radius 1 is 1.07 bits per heavy atom. The van der Waals surface area contributed by atoms with Crippen LogP contribution < -0.4 is 10.6 Å².